The number of aryl methyl sites for hydroxylation is 1. The van der Waals surface area contributed by atoms with Crippen LogP contribution in [0, 0.1) is 6.92 Å². The highest BCUT2D eigenvalue weighted by atomic mass is 15.2. The van der Waals surface area contributed by atoms with Gasteiger partial charge >= 0.3 is 0 Å². The normalized spacial score (nSPS) is 15.4. The fourth-order valence-corrected chi connectivity index (χ4v) is 2.10. The van der Waals surface area contributed by atoms with Gasteiger partial charge in [0.05, 0.1) is 0 Å². The van der Waals surface area contributed by atoms with Crippen LogP contribution in [0.15, 0.2) is 24.3 Å². The van der Waals surface area contributed by atoms with Gasteiger partial charge < -0.3 is 10.2 Å². The first-order valence-electron chi connectivity index (χ1n) is 6.76. The van der Waals surface area contributed by atoms with Crippen molar-refractivity contribution in [3.05, 3.63) is 35.5 Å². The van der Waals surface area contributed by atoms with Crippen molar-refractivity contribution >= 4 is 5.82 Å². The van der Waals surface area contributed by atoms with Gasteiger partial charge in [-0.1, -0.05) is 32.1 Å². The van der Waals surface area contributed by atoms with Gasteiger partial charge in [-0.25, -0.2) is 4.98 Å². The van der Waals surface area contributed by atoms with Crippen LogP contribution in [0.2, 0.25) is 0 Å². The topological polar surface area (TPSA) is 28.2 Å². The highest BCUT2D eigenvalue weighted by molar-refractivity contribution is 5.43. The standard InChI is InChI=1S/C15H23N3/c1-12(2)16-11-14-7-8-15(17-13(14)3)18-9-5-4-6-10-18/h4-5,7-8,12,16H,6,9-11H2,1-3H3. The number of nitrogens with zero attached hydrogens (tertiary/aromatic N) is 2. The third-order valence-corrected chi connectivity index (χ3v) is 3.26. The molecule has 0 atom stereocenters. The fraction of sp³-hybridized carbons (Fsp3) is 0.533. The van der Waals surface area contributed by atoms with Crippen LogP contribution in [0.3, 0.4) is 0 Å². The van der Waals surface area contributed by atoms with Crippen LogP contribution in [0.25, 0.3) is 0 Å². The molecule has 1 aromatic heterocycles. The Morgan fingerprint density at radius 2 is 2.17 bits per heavy atom. The van der Waals surface area contributed by atoms with Gasteiger partial charge in [0.25, 0.3) is 0 Å². The van der Waals surface area contributed by atoms with Crippen LogP contribution in [0.4, 0.5) is 5.82 Å². The monoisotopic (exact) mass is 245 g/mol. The molecule has 0 fully saturated rings. The third kappa shape index (κ3) is 3.33. The van der Waals surface area contributed by atoms with E-state index in [-0.39, 0.29) is 0 Å². The number of anilines is 1. The van der Waals surface area contributed by atoms with E-state index in [0.29, 0.717) is 6.04 Å². The van der Waals surface area contributed by atoms with E-state index >= 15 is 0 Å². The zero-order valence-corrected chi connectivity index (χ0v) is 11.6. The number of hydrogen-bond acceptors (Lipinski definition) is 3. The van der Waals surface area contributed by atoms with E-state index in [2.05, 4.69) is 55.3 Å². The number of aromatic nitrogens is 1. The summed E-state index contributed by atoms with van der Waals surface area (Å²) in [6.07, 6.45) is 5.58. The van der Waals surface area contributed by atoms with Gasteiger partial charge in [-0.15, -0.1) is 0 Å². The SMILES string of the molecule is Cc1nc(N2CC=CCC2)ccc1CNC(C)C. The molecule has 1 N–H and O–H groups in total. The Kier molecular flexibility index (Phi) is 4.37. The van der Waals surface area contributed by atoms with Crippen molar-refractivity contribution in [2.45, 2.75) is 39.8 Å². The zero-order chi connectivity index (χ0) is 13.0. The lowest BCUT2D eigenvalue weighted by Crippen LogP contribution is -2.28. The summed E-state index contributed by atoms with van der Waals surface area (Å²) in [4.78, 5) is 7.05. The maximum atomic E-state index is 4.73. The summed E-state index contributed by atoms with van der Waals surface area (Å²) in [5.74, 6) is 1.10. The van der Waals surface area contributed by atoms with Gasteiger partial charge in [0.2, 0.25) is 0 Å². The Labute approximate surface area is 110 Å². The number of pyridine rings is 1. The van der Waals surface area contributed by atoms with Crippen LogP contribution in [-0.4, -0.2) is 24.1 Å². The van der Waals surface area contributed by atoms with E-state index in [9.17, 15) is 0 Å². The maximum absolute atomic E-state index is 4.73. The average Bonchev–Trinajstić information content (AvgIpc) is 2.38. The second-order valence-corrected chi connectivity index (χ2v) is 5.16. The summed E-state index contributed by atoms with van der Waals surface area (Å²) in [5.41, 5.74) is 2.43. The first-order valence-corrected chi connectivity index (χ1v) is 6.76. The number of hydrogen-bond donors (Lipinski definition) is 1. The van der Waals surface area contributed by atoms with Gasteiger partial charge in [0.1, 0.15) is 5.82 Å². The quantitative estimate of drug-likeness (QED) is 0.827. The molecule has 3 nitrogen and oxygen atoms in total. The second kappa shape index (κ2) is 6.01. The Bertz CT molecular complexity index is 424. The predicted molar refractivity (Wildman–Crippen MR) is 76.9 cm³/mol. The van der Waals surface area contributed by atoms with Crippen LogP contribution < -0.4 is 10.2 Å². The van der Waals surface area contributed by atoms with Crippen LogP contribution in [0.5, 0.6) is 0 Å². The molecule has 3 heteroatoms. The molecule has 98 valence electrons. The molecule has 0 radical (unpaired) electrons. The van der Waals surface area contributed by atoms with Gasteiger partial charge in [-0.3, -0.25) is 0 Å². The van der Waals surface area contributed by atoms with Gasteiger partial charge in [-0.2, -0.15) is 0 Å². The molecule has 1 aliphatic rings. The van der Waals surface area contributed by atoms with Crippen molar-refractivity contribution < 1.29 is 0 Å². The Balaban J connectivity index is 2.06. The van der Waals surface area contributed by atoms with Crippen molar-refractivity contribution in [2.24, 2.45) is 0 Å². The summed E-state index contributed by atoms with van der Waals surface area (Å²) < 4.78 is 0. The maximum Gasteiger partial charge on any atom is 0.129 e. The summed E-state index contributed by atoms with van der Waals surface area (Å²) in [6.45, 7) is 9.38. The van der Waals surface area contributed by atoms with Crippen LogP contribution in [0.1, 0.15) is 31.5 Å². The molecule has 0 saturated carbocycles. The van der Waals surface area contributed by atoms with E-state index in [1.54, 1.807) is 0 Å². The third-order valence-electron chi connectivity index (χ3n) is 3.26. The zero-order valence-electron chi connectivity index (χ0n) is 11.6. The van der Waals surface area contributed by atoms with E-state index in [1.807, 2.05) is 0 Å². The van der Waals surface area contributed by atoms with Crippen LogP contribution >= 0.6 is 0 Å². The minimum Gasteiger partial charge on any atom is -0.353 e. The lowest BCUT2D eigenvalue weighted by atomic mass is 10.2. The molecule has 0 amide bonds. The van der Waals surface area contributed by atoms with E-state index in [0.717, 1.165) is 37.6 Å². The molecule has 0 saturated heterocycles. The lowest BCUT2D eigenvalue weighted by Gasteiger charge is -2.25. The van der Waals surface area contributed by atoms with Crippen molar-refractivity contribution in [1.29, 1.82) is 0 Å². The van der Waals surface area contributed by atoms with Crippen molar-refractivity contribution in [3.63, 3.8) is 0 Å². The Hall–Kier alpha value is -1.35. The van der Waals surface area contributed by atoms with E-state index < -0.39 is 0 Å². The molecule has 0 aliphatic carbocycles. The van der Waals surface area contributed by atoms with Crippen LogP contribution in [-0.2, 0) is 6.54 Å². The molecular weight excluding hydrogens is 222 g/mol. The minimum absolute atomic E-state index is 0.510. The first kappa shape index (κ1) is 13.1. The van der Waals surface area contributed by atoms with E-state index in [4.69, 9.17) is 4.98 Å². The molecule has 2 heterocycles. The predicted octanol–water partition coefficient (Wildman–Crippen LogP) is 2.65. The fourth-order valence-electron chi connectivity index (χ4n) is 2.10. The van der Waals surface area contributed by atoms with Crippen molar-refractivity contribution in [1.82, 2.24) is 10.3 Å². The summed E-state index contributed by atoms with van der Waals surface area (Å²) in [5, 5.41) is 3.44. The minimum atomic E-state index is 0.510. The van der Waals surface area contributed by atoms with Crippen molar-refractivity contribution in [3.8, 4) is 0 Å². The summed E-state index contributed by atoms with van der Waals surface area (Å²) in [6, 6.07) is 4.85. The average molecular weight is 245 g/mol. The Morgan fingerprint density at radius 3 is 2.78 bits per heavy atom. The summed E-state index contributed by atoms with van der Waals surface area (Å²) >= 11 is 0. The molecule has 0 bridgehead atoms. The molecular formula is C15H23N3. The molecule has 0 aromatic carbocycles. The smallest absolute Gasteiger partial charge is 0.129 e. The molecule has 2 rings (SSSR count). The largest absolute Gasteiger partial charge is 0.353 e. The second-order valence-electron chi connectivity index (χ2n) is 5.16. The van der Waals surface area contributed by atoms with Crippen molar-refractivity contribution in [2.75, 3.05) is 18.0 Å². The number of nitrogens with one attached hydrogen (secondary N) is 1. The first-order chi connectivity index (χ1) is 8.66. The molecule has 1 aromatic rings. The summed E-state index contributed by atoms with van der Waals surface area (Å²) in [7, 11) is 0. The Morgan fingerprint density at radius 1 is 1.33 bits per heavy atom. The molecule has 18 heavy (non-hydrogen) atoms. The molecule has 0 spiro atoms. The molecule has 0 unspecified atom stereocenters. The van der Waals surface area contributed by atoms with E-state index in [1.165, 1.54) is 5.56 Å². The van der Waals surface area contributed by atoms with Gasteiger partial charge in [0.15, 0.2) is 0 Å². The molecule has 1 aliphatic heterocycles. The highest BCUT2D eigenvalue weighted by Gasteiger charge is 2.10. The van der Waals surface area contributed by atoms with Gasteiger partial charge in [0, 0.05) is 31.4 Å². The highest BCUT2D eigenvalue weighted by Crippen LogP contribution is 2.17. The van der Waals surface area contributed by atoms with Gasteiger partial charge in [-0.05, 0) is 25.0 Å². The number of rotatable bonds is 4. The lowest BCUT2D eigenvalue weighted by molar-refractivity contribution is 0.586.